The van der Waals surface area contributed by atoms with Crippen LogP contribution >= 0.6 is 0 Å². The Kier molecular flexibility index (Phi) is 4.61. The number of hydrogen-bond donors (Lipinski definition) is 1. The third-order valence-electron chi connectivity index (χ3n) is 3.90. The highest BCUT2D eigenvalue weighted by molar-refractivity contribution is 6.02. The molecule has 0 fully saturated rings. The summed E-state index contributed by atoms with van der Waals surface area (Å²) in [7, 11) is 1.60. The normalized spacial score (nSPS) is 15.3. The van der Waals surface area contributed by atoms with Gasteiger partial charge in [0.05, 0.1) is 19.1 Å². The Morgan fingerprint density at radius 1 is 1.16 bits per heavy atom. The second kappa shape index (κ2) is 6.84. The van der Waals surface area contributed by atoms with E-state index in [1.165, 1.54) is 0 Å². The lowest BCUT2D eigenvalue weighted by Gasteiger charge is -2.31. The molecule has 1 aliphatic rings. The summed E-state index contributed by atoms with van der Waals surface area (Å²) in [5.74, 6) is 1.01. The summed E-state index contributed by atoms with van der Waals surface area (Å²) >= 11 is 0. The molecule has 0 radical (unpaired) electrons. The van der Waals surface area contributed by atoms with Gasteiger partial charge in [-0.15, -0.1) is 0 Å². The number of nitrogens with one attached hydrogen (secondary N) is 1. The van der Waals surface area contributed by atoms with Crippen LogP contribution in [0, 0.1) is 0 Å². The number of methoxy groups -OCH3 is 1. The maximum Gasteiger partial charge on any atom is 0.243 e. The molecule has 3 rings (SSSR count). The molecule has 0 aromatic heterocycles. The minimum atomic E-state index is -0.803. The lowest BCUT2D eigenvalue weighted by atomic mass is 10.1. The number of carbonyl (C=O) groups excluding carboxylic acids is 1. The zero-order chi connectivity index (χ0) is 17.9. The van der Waals surface area contributed by atoms with Crippen LogP contribution < -0.4 is 10.2 Å². The van der Waals surface area contributed by atoms with Crippen molar-refractivity contribution in [2.24, 2.45) is 5.16 Å². The van der Waals surface area contributed by atoms with Gasteiger partial charge < -0.3 is 9.57 Å². The van der Waals surface area contributed by atoms with Gasteiger partial charge in [0.25, 0.3) is 0 Å². The van der Waals surface area contributed by atoms with Crippen molar-refractivity contribution in [3.05, 3.63) is 65.7 Å². The summed E-state index contributed by atoms with van der Waals surface area (Å²) in [6.45, 7) is 3.67. The Morgan fingerprint density at radius 2 is 1.84 bits per heavy atom. The second-order valence-electron chi connectivity index (χ2n) is 6.19. The first-order valence-corrected chi connectivity index (χ1v) is 8.04. The molecule has 1 aliphatic heterocycles. The number of nitrogens with zero attached hydrogens (tertiary/aromatic N) is 2. The highest BCUT2D eigenvalue weighted by Crippen LogP contribution is 2.29. The van der Waals surface area contributed by atoms with Gasteiger partial charge in [-0.3, -0.25) is 10.2 Å². The van der Waals surface area contributed by atoms with Crippen molar-refractivity contribution in [2.45, 2.75) is 26.0 Å². The summed E-state index contributed by atoms with van der Waals surface area (Å²) in [6.07, 6.45) is 0.270. The van der Waals surface area contributed by atoms with Gasteiger partial charge in [-0.25, -0.2) is 5.01 Å². The average Bonchev–Trinajstić information content (AvgIpc) is 2.90. The Labute approximate surface area is 147 Å². The molecule has 6 nitrogen and oxygen atoms in total. The molecule has 0 saturated heterocycles. The summed E-state index contributed by atoms with van der Waals surface area (Å²) in [6, 6.07) is 17.1. The zero-order valence-electron chi connectivity index (χ0n) is 14.5. The average molecular weight is 339 g/mol. The number of hydrogen-bond acceptors (Lipinski definition) is 5. The molecule has 0 saturated carbocycles. The van der Waals surface area contributed by atoms with Gasteiger partial charge in [-0.2, -0.15) is 0 Å². The van der Waals surface area contributed by atoms with Gasteiger partial charge in [0, 0.05) is 0 Å². The summed E-state index contributed by atoms with van der Waals surface area (Å²) < 4.78 is 5.40. The van der Waals surface area contributed by atoms with Crippen LogP contribution in [0.2, 0.25) is 0 Å². The third kappa shape index (κ3) is 3.57. The highest BCUT2D eigenvalue weighted by atomic mass is 16.7. The topological polar surface area (TPSA) is 63.2 Å². The van der Waals surface area contributed by atoms with E-state index in [0.717, 1.165) is 11.1 Å². The van der Waals surface area contributed by atoms with Crippen molar-refractivity contribution in [3.63, 3.8) is 0 Å². The standard InChI is InChI=1S/C19H21N3O3/c1-19(2)22(20-17(23)13-14-9-5-4-6-10-14)18(21-25-19)15-11-7-8-12-16(15)24-3/h4-12H,13H2,1-3H3,(H,20,23). The molecule has 1 amide bonds. The van der Waals surface area contributed by atoms with Crippen LogP contribution in [0.5, 0.6) is 5.75 Å². The number of oxime groups is 1. The van der Waals surface area contributed by atoms with E-state index in [2.05, 4.69) is 10.6 Å². The van der Waals surface area contributed by atoms with Crippen LogP contribution in [0.15, 0.2) is 59.8 Å². The van der Waals surface area contributed by atoms with Crippen molar-refractivity contribution in [3.8, 4) is 5.75 Å². The van der Waals surface area contributed by atoms with E-state index in [1.54, 1.807) is 12.1 Å². The third-order valence-corrected chi connectivity index (χ3v) is 3.90. The minimum Gasteiger partial charge on any atom is -0.496 e. The molecule has 130 valence electrons. The van der Waals surface area contributed by atoms with Crippen molar-refractivity contribution >= 4 is 11.7 Å². The van der Waals surface area contributed by atoms with Crippen LogP contribution in [0.1, 0.15) is 25.0 Å². The zero-order valence-corrected chi connectivity index (χ0v) is 14.5. The number of amides is 1. The van der Waals surface area contributed by atoms with Crippen molar-refractivity contribution in [1.29, 1.82) is 0 Å². The maximum absolute atomic E-state index is 12.5. The number of amidine groups is 1. The summed E-state index contributed by atoms with van der Waals surface area (Å²) in [5, 5.41) is 5.79. The molecule has 1 N–H and O–H groups in total. The highest BCUT2D eigenvalue weighted by Gasteiger charge is 2.40. The van der Waals surface area contributed by atoms with Crippen molar-refractivity contribution < 1.29 is 14.4 Å². The molecule has 0 spiro atoms. The van der Waals surface area contributed by atoms with E-state index in [1.807, 2.05) is 68.4 Å². The van der Waals surface area contributed by atoms with E-state index in [9.17, 15) is 4.79 Å². The maximum atomic E-state index is 12.5. The van der Waals surface area contributed by atoms with E-state index in [-0.39, 0.29) is 12.3 Å². The molecule has 6 heteroatoms. The smallest absolute Gasteiger partial charge is 0.243 e. The molecule has 0 unspecified atom stereocenters. The van der Waals surface area contributed by atoms with Gasteiger partial charge >= 0.3 is 0 Å². The van der Waals surface area contributed by atoms with Crippen LogP contribution in [-0.2, 0) is 16.1 Å². The van der Waals surface area contributed by atoms with E-state index in [4.69, 9.17) is 9.57 Å². The molecule has 0 aliphatic carbocycles. The van der Waals surface area contributed by atoms with Gasteiger partial charge in [0.1, 0.15) is 5.75 Å². The quantitative estimate of drug-likeness (QED) is 0.910. The molecule has 2 aromatic carbocycles. The SMILES string of the molecule is COc1ccccc1C1=NOC(C)(C)N1NC(=O)Cc1ccccc1. The predicted molar refractivity (Wildman–Crippen MR) is 94.8 cm³/mol. The van der Waals surface area contributed by atoms with Crippen LogP contribution in [0.25, 0.3) is 0 Å². The fourth-order valence-electron chi connectivity index (χ4n) is 2.62. The lowest BCUT2D eigenvalue weighted by Crippen LogP contribution is -2.55. The van der Waals surface area contributed by atoms with Crippen molar-refractivity contribution in [2.75, 3.05) is 7.11 Å². The van der Waals surface area contributed by atoms with E-state index >= 15 is 0 Å². The summed E-state index contributed by atoms with van der Waals surface area (Å²) in [4.78, 5) is 18.0. The molecule has 0 atom stereocenters. The van der Waals surface area contributed by atoms with E-state index in [0.29, 0.717) is 11.6 Å². The van der Waals surface area contributed by atoms with E-state index < -0.39 is 5.72 Å². The van der Waals surface area contributed by atoms with Gasteiger partial charge in [-0.1, -0.05) is 47.6 Å². The molecular weight excluding hydrogens is 318 g/mol. The Hall–Kier alpha value is -3.02. The number of hydrazine groups is 1. The first-order chi connectivity index (χ1) is 12.0. The number of ether oxygens (including phenoxy) is 1. The van der Waals surface area contributed by atoms with Crippen LogP contribution in [-0.4, -0.2) is 29.6 Å². The van der Waals surface area contributed by atoms with Gasteiger partial charge in [0.2, 0.25) is 17.5 Å². The molecule has 1 heterocycles. The molecule has 2 aromatic rings. The second-order valence-corrected chi connectivity index (χ2v) is 6.19. The van der Waals surface area contributed by atoms with Crippen LogP contribution in [0.4, 0.5) is 0 Å². The number of carbonyl (C=O) groups is 1. The lowest BCUT2D eigenvalue weighted by molar-refractivity contribution is -0.134. The largest absolute Gasteiger partial charge is 0.496 e. The molecule has 25 heavy (non-hydrogen) atoms. The number of benzene rings is 2. The van der Waals surface area contributed by atoms with Crippen molar-refractivity contribution in [1.82, 2.24) is 10.4 Å². The fraction of sp³-hybridized carbons (Fsp3) is 0.263. The first-order valence-electron chi connectivity index (χ1n) is 8.04. The Morgan fingerprint density at radius 3 is 2.56 bits per heavy atom. The monoisotopic (exact) mass is 339 g/mol. The predicted octanol–water partition coefficient (Wildman–Crippen LogP) is 2.70. The number of rotatable bonds is 5. The Bertz CT molecular complexity index is 788. The van der Waals surface area contributed by atoms with Gasteiger partial charge in [-0.05, 0) is 31.5 Å². The molecular formula is C19H21N3O3. The van der Waals surface area contributed by atoms with Crippen LogP contribution in [0.3, 0.4) is 0 Å². The Balaban J connectivity index is 1.82. The fourth-order valence-corrected chi connectivity index (χ4v) is 2.62. The molecule has 0 bridgehead atoms. The van der Waals surface area contributed by atoms with Gasteiger partial charge in [0.15, 0.2) is 0 Å². The first kappa shape index (κ1) is 16.8. The summed E-state index contributed by atoms with van der Waals surface area (Å²) in [5.41, 5.74) is 3.78. The minimum absolute atomic E-state index is 0.146. The number of para-hydroxylation sites is 1.